The second kappa shape index (κ2) is 8.56. The van der Waals surface area contributed by atoms with Gasteiger partial charge in [-0.2, -0.15) is 0 Å². The highest BCUT2D eigenvalue weighted by Gasteiger charge is 2.25. The number of thiophene rings is 1. The van der Waals surface area contributed by atoms with E-state index in [2.05, 4.69) is 20.3 Å². The van der Waals surface area contributed by atoms with E-state index >= 15 is 0 Å². The fraction of sp³-hybridized carbons (Fsp3) is 0.304. The highest BCUT2D eigenvalue weighted by atomic mass is 32.1. The summed E-state index contributed by atoms with van der Waals surface area (Å²) in [5.74, 6) is 0.777. The van der Waals surface area contributed by atoms with Gasteiger partial charge in [0.2, 0.25) is 0 Å². The average Bonchev–Trinajstić information content (AvgIpc) is 3.19. The van der Waals surface area contributed by atoms with Crippen LogP contribution < -0.4 is 15.6 Å². The van der Waals surface area contributed by atoms with E-state index in [4.69, 9.17) is 4.74 Å². The van der Waals surface area contributed by atoms with Crippen LogP contribution in [-0.2, 0) is 25.9 Å². The Kier molecular flexibility index (Phi) is 5.48. The van der Waals surface area contributed by atoms with E-state index in [1.807, 2.05) is 36.7 Å². The molecule has 1 aliphatic rings. The Hall–Kier alpha value is -3.10. The van der Waals surface area contributed by atoms with Gasteiger partial charge >= 0.3 is 0 Å². The molecule has 0 aliphatic heterocycles. The van der Waals surface area contributed by atoms with Gasteiger partial charge < -0.3 is 10.1 Å². The molecule has 8 heteroatoms. The molecule has 0 amide bonds. The molecule has 0 spiro atoms. The molecule has 0 fully saturated rings. The number of benzene rings is 1. The molecule has 1 unspecified atom stereocenters. The molecule has 3 aromatic heterocycles. The maximum Gasteiger partial charge on any atom is 0.262 e. The Labute approximate surface area is 183 Å². The number of rotatable bonds is 6. The first kappa shape index (κ1) is 19.8. The number of aryl methyl sites for hydroxylation is 1. The van der Waals surface area contributed by atoms with E-state index in [9.17, 15) is 4.79 Å². The van der Waals surface area contributed by atoms with E-state index < -0.39 is 0 Å². The molecule has 0 radical (unpaired) electrons. The first-order chi connectivity index (χ1) is 15.2. The number of nitrogens with zero attached hydrogens (tertiary/aromatic N) is 4. The topological polar surface area (TPSA) is 81.9 Å². The summed E-state index contributed by atoms with van der Waals surface area (Å²) >= 11 is 1.65. The zero-order chi connectivity index (χ0) is 21.2. The Bertz CT molecular complexity index is 1270. The predicted octanol–water partition coefficient (Wildman–Crippen LogP) is 2.95. The molecular formula is C23H23N5O2S. The number of methoxy groups -OCH3 is 1. The van der Waals surface area contributed by atoms with Crippen molar-refractivity contribution >= 4 is 21.6 Å². The third-order valence-electron chi connectivity index (χ3n) is 5.78. The minimum absolute atomic E-state index is 0.0289. The smallest absolute Gasteiger partial charge is 0.262 e. The quantitative estimate of drug-likeness (QED) is 0.504. The van der Waals surface area contributed by atoms with Gasteiger partial charge in [-0.05, 0) is 30.9 Å². The molecular weight excluding hydrogens is 410 g/mol. The summed E-state index contributed by atoms with van der Waals surface area (Å²) in [6.45, 7) is 1.19. The summed E-state index contributed by atoms with van der Waals surface area (Å²) in [7, 11) is 1.65. The van der Waals surface area contributed by atoms with Crippen LogP contribution >= 0.6 is 11.3 Å². The molecule has 7 nitrogen and oxygen atoms in total. The van der Waals surface area contributed by atoms with Crippen LogP contribution in [0.25, 0.3) is 10.2 Å². The Morgan fingerprint density at radius 1 is 1.26 bits per heavy atom. The van der Waals surface area contributed by atoms with Gasteiger partial charge in [0.15, 0.2) is 0 Å². The van der Waals surface area contributed by atoms with Crippen LogP contribution in [0, 0.1) is 0 Å². The molecule has 31 heavy (non-hydrogen) atoms. The first-order valence-corrected chi connectivity index (χ1v) is 11.1. The lowest BCUT2D eigenvalue weighted by atomic mass is 9.93. The monoisotopic (exact) mass is 433 g/mol. The summed E-state index contributed by atoms with van der Waals surface area (Å²) < 4.78 is 7.13. The van der Waals surface area contributed by atoms with Crippen molar-refractivity contribution in [2.45, 2.75) is 38.4 Å². The van der Waals surface area contributed by atoms with Gasteiger partial charge in [0.1, 0.15) is 16.9 Å². The van der Waals surface area contributed by atoms with Crippen LogP contribution in [0.3, 0.4) is 0 Å². The number of aromatic nitrogens is 4. The van der Waals surface area contributed by atoms with Gasteiger partial charge in [0, 0.05) is 41.0 Å². The maximum atomic E-state index is 13.3. The maximum absolute atomic E-state index is 13.3. The van der Waals surface area contributed by atoms with Crippen LogP contribution in [0.4, 0.5) is 0 Å². The molecule has 3 heterocycles. The number of hydrogen-bond donors (Lipinski definition) is 1. The highest BCUT2D eigenvalue weighted by molar-refractivity contribution is 7.18. The molecule has 1 N–H and O–H groups in total. The predicted molar refractivity (Wildman–Crippen MR) is 121 cm³/mol. The second-order valence-electron chi connectivity index (χ2n) is 7.74. The standard InChI is InChI=1S/C23H23N5O2S/c1-30-19-5-3-2-4-16(19)12-28-14-27-22-21(23(28)29)18-7-6-17(8-20(18)31-22)26-11-15-9-24-13-25-10-15/h2-5,9-10,13-14,17,26H,6-8,11-12H2,1H3. The van der Waals surface area contributed by atoms with Gasteiger partial charge in [-0.3, -0.25) is 9.36 Å². The first-order valence-electron chi connectivity index (χ1n) is 10.3. The normalized spacial score (nSPS) is 15.7. The lowest BCUT2D eigenvalue weighted by molar-refractivity contribution is 0.408. The molecule has 0 bridgehead atoms. The lowest BCUT2D eigenvalue weighted by Gasteiger charge is -2.23. The zero-order valence-corrected chi connectivity index (χ0v) is 18.1. The number of nitrogens with one attached hydrogen (secondary N) is 1. The van der Waals surface area contributed by atoms with Crippen molar-refractivity contribution in [3.8, 4) is 5.75 Å². The molecule has 1 atom stereocenters. The second-order valence-corrected chi connectivity index (χ2v) is 8.82. The van der Waals surface area contributed by atoms with Crippen molar-refractivity contribution in [1.82, 2.24) is 24.8 Å². The van der Waals surface area contributed by atoms with Crippen molar-refractivity contribution in [3.63, 3.8) is 0 Å². The van der Waals surface area contributed by atoms with Crippen molar-refractivity contribution in [1.29, 1.82) is 0 Å². The summed E-state index contributed by atoms with van der Waals surface area (Å²) in [6.07, 6.45) is 9.66. The largest absolute Gasteiger partial charge is 0.496 e. The van der Waals surface area contributed by atoms with E-state index in [0.29, 0.717) is 12.6 Å². The van der Waals surface area contributed by atoms with Crippen molar-refractivity contribution in [2.75, 3.05) is 7.11 Å². The molecule has 0 saturated carbocycles. The van der Waals surface area contributed by atoms with Crippen molar-refractivity contribution in [3.05, 3.63) is 81.2 Å². The molecule has 0 saturated heterocycles. The Balaban J connectivity index is 1.39. The van der Waals surface area contributed by atoms with Crippen LogP contribution in [-0.4, -0.2) is 32.7 Å². The van der Waals surface area contributed by atoms with Gasteiger partial charge in [-0.15, -0.1) is 11.3 Å². The van der Waals surface area contributed by atoms with E-state index in [0.717, 1.165) is 52.9 Å². The van der Waals surface area contributed by atoms with Crippen molar-refractivity contribution in [2.24, 2.45) is 0 Å². The molecule has 4 aromatic rings. The van der Waals surface area contributed by atoms with Gasteiger partial charge in [-0.25, -0.2) is 15.0 Å². The van der Waals surface area contributed by atoms with Crippen molar-refractivity contribution < 1.29 is 4.74 Å². The summed E-state index contributed by atoms with van der Waals surface area (Å²) in [5, 5.41) is 4.39. The molecule has 1 aliphatic carbocycles. The van der Waals surface area contributed by atoms with Gasteiger partial charge in [0.05, 0.1) is 25.4 Å². The van der Waals surface area contributed by atoms with E-state index in [-0.39, 0.29) is 5.56 Å². The fourth-order valence-electron chi connectivity index (χ4n) is 4.19. The van der Waals surface area contributed by atoms with Gasteiger partial charge in [0.25, 0.3) is 5.56 Å². The zero-order valence-electron chi connectivity index (χ0n) is 17.2. The van der Waals surface area contributed by atoms with E-state index in [1.165, 1.54) is 10.4 Å². The number of para-hydroxylation sites is 1. The average molecular weight is 434 g/mol. The molecule has 158 valence electrons. The van der Waals surface area contributed by atoms with Crippen LogP contribution in [0.1, 0.15) is 28.0 Å². The molecule has 1 aromatic carbocycles. The minimum Gasteiger partial charge on any atom is -0.496 e. The fourth-order valence-corrected chi connectivity index (χ4v) is 5.45. The number of fused-ring (bicyclic) bond motifs is 3. The summed E-state index contributed by atoms with van der Waals surface area (Å²) in [5.41, 5.74) is 3.24. The summed E-state index contributed by atoms with van der Waals surface area (Å²) in [4.78, 5) is 28.2. The Morgan fingerprint density at radius 2 is 2.10 bits per heavy atom. The summed E-state index contributed by atoms with van der Waals surface area (Å²) in [6, 6.07) is 8.14. The van der Waals surface area contributed by atoms with Crippen LogP contribution in [0.15, 0.2) is 54.1 Å². The third-order valence-corrected chi connectivity index (χ3v) is 6.94. The van der Waals surface area contributed by atoms with Gasteiger partial charge in [-0.1, -0.05) is 18.2 Å². The third kappa shape index (κ3) is 3.96. The van der Waals surface area contributed by atoms with E-state index in [1.54, 1.807) is 35.7 Å². The molecule has 5 rings (SSSR count). The lowest BCUT2D eigenvalue weighted by Crippen LogP contribution is -2.34. The number of hydrogen-bond acceptors (Lipinski definition) is 7. The van der Waals surface area contributed by atoms with Crippen LogP contribution in [0.5, 0.6) is 5.75 Å². The number of ether oxygens (including phenoxy) is 1. The minimum atomic E-state index is 0.0289. The van der Waals surface area contributed by atoms with Crippen LogP contribution in [0.2, 0.25) is 0 Å². The highest BCUT2D eigenvalue weighted by Crippen LogP contribution is 2.33. The Morgan fingerprint density at radius 3 is 2.94 bits per heavy atom. The SMILES string of the molecule is COc1ccccc1Cn1cnc2sc3c(c2c1=O)CCC(NCc1cncnc1)C3.